The van der Waals surface area contributed by atoms with Gasteiger partial charge < -0.3 is 4.43 Å². The zero-order chi connectivity index (χ0) is 14.5. The summed E-state index contributed by atoms with van der Waals surface area (Å²) in [5.74, 6) is 0. The van der Waals surface area contributed by atoms with Gasteiger partial charge in [0.2, 0.25) is 0 Å². The lowest BCUT2D eigenvalue weighted by atomic mass is 10.2. The molecule has 0 aliphatic rings. The van der Waals surface area contributed by atoms with E-state index >= 15 is 0 Å². The molecule has 0 atom stereocenters. The second-order valence-electron chi connectivity index (χ2n) is 6.35. The summed E-state index contributed by atoms with van der Waals surface area (Å²) in [5.41, 5.74) is 1.97. The van der Waals surface area contributed by atoms with Gasteiger partial charge in [-0.25, -0.2) is 0 Å². The van der Waals surface area contributed by atoms with Gasteiger partial charge in [-0.05, 0) is 18.1 Å². The van der Waals surface area contributed by atoms with Crippen LogP contribution >= 0.6 is 0 Å². The van der Waals surface area contributed by atoms with E-state index in [0.717, 1.165) is 30.8 Å². The smallest absolute Gasteiger partial charge is 0.191 e. The molecule has 0 radical (unpaired) electrons. The first-order valence-corrected chi connectivity index (χ1v) is 9.72. The monoisotopic (exact) mass is 278 g/mol. The number of aromatic nitrogens is 2. The predicted molar refractivity (Wildman–Crippen MR) is 82.8 cm³/mol. The normalized spacial score (nSPS) is 12.5. The van der Waals surface area contributed by atoms with Crippen LogP contribution in [-0.4, -0.2) is 24.9 Å². The molecular weight excluding hydrogens is 252 g/mol. The Morgan fingerprint density at radius 2 is 1.89 bits per heavy atom. The second-order valence-corrected chi connectivity index (χ2v) is 11.2. The average Bonchev–Trinajstić information content (AvgIpc) is 2.28. The minimum absolute atomic E-state index is 0.253. The third kappa shape index (κ3) is 4.88. The Labute approximate surface area is 118 Å². The van der Waals surface area contributed by atoms with Gasteiger partial charge in [-0.15, -0.1) is 6.58 Å². The Morgan fingerprint density at radius 3 is 2.47 bits per heavy atom. The summed E-state index contributed by atoms with van der Waals surface area (Å²) in [5, 5.41) is 0.253. The fraction of sp³-hybridized carbons (Fsp3) is 0.600. The highest BCUT2D eigenvalue weighted by Crippen LogP contribution is 2.36. The minimum atomic E-state index is -1.65. The molecule has 1 heterocycles. The molecule has 0 saturated heterocycles. The molecule has 0 amide bonds. The average molecular weight is 278 g/mol. The fourth-order valence-corrected chi connectivity index (χ4v) is 2.49. The van der Waals surface area contributed by atoms with Crippen LogP contribution in [0.25, 0.3) is 0 Å². The number of allylic oxidation sites excluding steroid dienone is 1. The van der Waals surface area contributed by atoms with Crippen molar-refractivity contribution >= 4 is 8.32 Å². The topological polar surface area (TPSA) is 35.0 Å². The van der Waals surface area contributed by atoms with E-state index in [9.17, 15) is 0 Å². The van der Waals surface area contributed by atoms with E-state index in [2.05, 4.69) is 50.4 Å². The van der Waals surface area contributed by atoms with Crippen molar-refractivity contribution in [3.8, 4) is 0 Å². The van der Waals surface area contributed by atoms with Crippen LogP contribution in [0.1, 0.15) is 32.2 Å². The van der Waals surface area contributed by atoms with Crippen LogP contribution < -0.4 is 0 Å². The van der Waals surface area contributed by atoms with Gasteiger partial charge in [0.25, 0.3) is 0 Å². The zero-order valence-electron chi connectivity index (χ0n) is 12.9. The summed E-state index contributed by atoms with van der Waals surface area (Å²) in [6.07, 6.45) is 7.05. The van der Waals surface area contributed by atoms with Crippen LogP contribution in [-0.2, 0) is 17.3 Å². The van der Waals surface area contributed by atoms with Gasteiger partial charge in [0.05, 0.1) is 11.4 Å². The lowest BCUT2D eigenvalue weighted by Crippen LogP contribution is -2.41. The highest BCUT2D eigenvalue weighted by atomic mass is 28.4. The van der Waals surface area contributed by atoms with E-state index in [1.807, 2.05) is 12.3 Å². The molecule has 0 aliphatic carbocycles. The van der Waals surface area contributed by atoms with E-state index in [0.29, 0.717) is 0 Å². The van der Waals surface area contributed by atoms with Crippen molar-refractivity contribution in [1.29, 1.82) is 0 Å². The molecule has 0 saturated carbocycles. The summed E-state index contributed by atoms with van der Waals surface area (Å²) in [4.78, 5) is 8.76. The van der Waals surface area contributed by atoms with Gasteiger partial charge in [0.15, 0.2) is 8.32 Å². The van der Waals surface area contributed by atoms with E-state index in [1.165, 1.54) is 0 Å². The molecule has 3 nitrogen and oxygen atoms in total. The van der Waals surface area contributed by atoms with Crippen molar-refractivity contribution < 1.29 is 4.43 Å². The largest absolute Gasteiger partial charge is 0.416 e. The first-order valence-electron chi connectivity index (χ1n) is 6.81. The lowest BCUT2D eigenvalue weighted by Gasteiger charge is -2.36. The zero-order valence-corrected chi connectivity index (χ0v) is 13.9. The summed E-state index contributed by atoms with van der Waals surface area (Å²) >= 11 is 0. The van der Waals surface area contributed by atoms with E-state index in [1.54, 1.807) is 6.20 Å². The van der Waals surface area contributed by atoms with Gasteiger partial charge in [-0.1, -0.05) is 26.8 Å². The van der Waals surface area contributed by atoms with Crippen LogP contribution in [0, 0.1) is 0 Å². The third-order valence-corrected chi connectivity index (χ3v) is 8.25. The SMILES string of the molecule is C=CCc1cncc(CCO[Si](C)(C)C(C)(C)C)n1. The fourth-order valence-electron chi connectivity index (χ4n) is 1.45. The molecular formula is C15H26N2OSi. The Balaban J connectivity index is 2.54. The summed E-state index contributed by atoms with van der Waals surface area (Å²) in [6.45, 7) is 15.7. The first-order chi connectivity index (χ1) is 8.76. The Hall–Kier alpha value is -1.00. The molecule has 1 aromatic heterocycles. The van der Waals surface area contributed by atoms with E-state index in [-0.39, 0.29) is 5.04 Å². The van der Waals surface area contributed by atoms with E-state index < -0.39 is 8.32 Å². The highest BCUT2D eigenvalue weighted by Gasteiger charge is 2.36. The third-order valence-electron chi connectivity index (χ3n) is 3.72. The molecule has 1 aromatic rings. The van der Waals surface area contributed by atoms with Crippen LogP contribution in [0.5, 0.6) is 0 Å². The van der Waals surface area contributed by atoms with Gasteiger partial charge in [-0.2, -0.15) is 0 Å². The van der Waals surface area contributed by atoms with Gasteiger partial charge >= 0.3 is 0 Å². The molecule has 0 aliphatic heterocycles. The molecule has 0 bridgehead atoms. The summed E-state index contributed by atoms with van der Waals surface area (Å²) in [7, 11) is -1.65. The maximum absolute atomic E-state index is 6.15. The van der Waals surface area contributed by atoms with E-state index in [4.69, 9.17) is 4.43 Å². The number of hydrogen-bond donors (Lipinski definition) is 0. The molecule has 19 heavy (non-hydrogen) atoms. The van der Waals surface area contributed by atoms with Gasteiger partial charge in [0, 0.05) is 31.8 Å². The minimum Gasteiger partial charge on any atom is -0.416 e. The van der Waals surface area contributed by atoms with Crippen molar-refractivity contribution in [3.63, 3.8) is 0 Å². The maximum atomic E-state index is 6.15. The molecule has 1 rings (SSSR count). The number of nitrogens with zero attached hydrogens (tertiary/aromatic N) is 2. The standard InChI is InChI=1S/C15H26N2OSi/c1-7-8-13-11-16-12-14(17-13)9-10-18-19(5,6)15(2,3)4/h7,11-12H,1,8-10H2,2-6H3. The lowest BCUT2D eigenvalue weighted by molar-refractivity contribution is 0.290. The summed E-state index contributed by atoms with van der Waals surface area (Å²) < 4.78 is 6.15. The van der Waals surface area contributed by atoms with Gasteiger partial charge in [0.1, 0.15) is 0 Å². The molecule has 0 fully saturated rings. The van der Waals surface area contributed by atoms with Crippen LogP contribution in [0.4, 0.5) is 0 Å². The van der Waals surface area contributed by atoms with Crippen LogP contribution in [0.3, 0.4) is 0 Å². The first kappa shape index (κ1) is 16.1. The summed E-state index contributed by atoms with van der Waals surface area (Å²) in [6, 6.07) is 0. The van der Waals surface area contributed by atoms with Crippen molar-refractivity contribution in [1.82, 2.24) is 9.97 Å². The predicted octanol–water partition coefficient (Wildman–Crippen LogP) is 3.77. The molecule has 0 N–H and O–H groups in total. The Kier molecular flexibility index (Phi) is 5.44. The number of rotatable bonds is 6. The molecule has 0 spiro atoms. The van der Waals surface area contributed by atoms with Crippen molar-refractivity contribution in [3.05, 3.63) is 36.4 Å². The van der Waals surface area contributed by atoms with Crippen LogP contribution in [0.2, 0.25) is 18.1 Å². The quantitative estimate of drug-likeness (QED) is 0.587. The molecule has 0 unspecified atom stereocenters. The maximum Gasteiger partial charge on any atom is 0.191 e. The molecule has 4 heteroatoms. The molecule has 0 aromatic carbocycles. The van der Waals surface area contributed by atoms with Crippen molar-refractivity contribution in [2.45, 2.75) is 51.7 Å². The Bertz CT molecular complexity index is 424. The van der Waals surface area contributed by atoms with Crippen molar-refractivity contribution in [2.75, 3.05) is 6.61 Å². The van der Waals surface area contributed by atoms with Gasteiger partial charge in [-0.3, -0.25) is 9.97 Å². The van der Waals surface area contributed by atoms with Crippen LogP contribution in [0.15, 0.2) is 25.0 Å². The number of hydrogen-bond acceptors (Lipinski definition) is 3. The second kappa shape index (κ2) is 6.44. The highest BCUT2D eigenvalue weighted by molar-refractivity contribution is 6.74. The Morgan fingerprint density at radius 1 is 1.26 bits per heavy atom. The van der Waals surface area contributed by atoms with Crippen molar-refractivity contribution in [2.24, 2.45) is 0 Å². The molecule has 106 valence electrons.